The van der Waals surface area contributed by atoms with Crippen molar-refractivity contribution in [3.63, 3.8) is 0 Å². The molecule has 0 amide bonds. The summed E-state index contributed by atoms with van der Waals surface area (Å²) in [5.74, 6) is 0.990. The van der Waals surface area contributed by atoms with Gasteiger partial charge in [-0.15, -0.1) is 0 Å². The summed E-state index contributed by atoms with van der Waals surface area (Å²) in [6, 6.07) is 22.7. The van der Waals surface area contributed by atoms with Crippen LogP contribution in [0.1, 0.15) is 30.0 Å². The average Bonchev–Trinajstić information content (AvgIpc) is 2.71. The highest BCUT2D eigenvalue weighted by Gasteiger charge is 2.14. The van der Waals surface area contributed by atoms with Crippen molar-refractivity contribution in [3.8, 4) is 5.75 Å². The van der Waals surface area contributed by atoms with Gasteiger partial charge in [0.25, 0.3) is 0 Å². The molecule has 0 saturated carbocycles. The molecule has 0 aliphatic rings. The second-order valence-electron chi connectivity index (χ2n) is 6.78. The number of ether oxygens (including phenoxy) is 1. The molecule has 1 atom stereocenters. The van der Waals surface area contributed by atoms with Gasteiger partial charge in [-0.25, -0.2) is 0 Å². The fourth-order valence-corrected chi connectivity index (χ4v) is 3.06. The van der Waals surface area contributed by atoms with Crippen LogP contribution in [0, 0.1) is 11.3 Å². The van der Waals surface area contributed by atoms with Gasteiger partial charge in [0.15, 0.2) is 0 Å². The van der Waals surface area contributed by atoms with E-state index in [0.717, 1.165) is 24.2 Å². The van der Waals surface area contributed by atoms with E-state index in [1.54, 1.807) is 12.4 Å². The zero-order chi connectivity index (χ0) is 18.9. The number of hydrogen-bond acceptors (Lipinski definition) is 3. The lowest BCUT2D eigenvalue weighted by Gasteiger charge is -2.17. The zero-order valence-corrected chi connectivity index (χ0v) is 15.8. The number of hydrogen-bond donors (Lipinski definition) is 1. The summed E-state index contributed by atoms with van der Waals surface area (Å²) in [4.78, 5) is 4.03. The second-order valence-corrected chi connectivity index (χ2v) is 6.78. The molecule has 0 fully saturated rings. The smallest absolute Gasteiger partial charge is 0.119 e. The van der Waals surface area contributed by atoms with Crippen LogP contribution in [0.4, 0.5) is 0 Å². The fourth-order valence-electron chi connectivity index (χ4n) is 3.06. The normalized spacial score (nSPS) is 11.7. The van der Waals surface area contributed by atoms with Crippen molar-refractivity contribution in [3.05, 3.63) is 95.8 Å². The van der Waals surface area contributed by atoms with Gasteiger partial charge in [-0.2, -0.15) is 0 Å². The van der Waals surface area contributed by atoms with Gasteiger partial charge in [0.2, 0.25) is 0 Å². The lowest BCUT2D eigenvalue weighted by atomic mass is 9.96. The van der Waals surface area contributed by atoms with Crippen LogP contribution in [0.5, 0.6) is 5.75 Å². The Bertz CT molecular complexity index is 829. The number of nitrogens with one attached hydrogen (secondary N) is 1. The van der Waals surface area contributed by atoms with E-state index in [1.807, 2.05) is 30.3 Å². The molecular formula is C24H26N2O. The predicted molar refractivity (Wildman–Crippen MR) is 111 cm³/mol. The third kappa shape index (κ3) is 5.78. The summed E-state index contributed by atoms with van der Waals surface area (Å²) in [6.45, 7) is 2.65. The van der Waals surface area contributed by atoms with Crippen LogP contribution in [0.25, 0.3) is 0 Å². The van der Waals surface area contributed by atoms with Crippen molar-refractivity contribution in [1.29, 1.82) is 5.41 Å². The summed E-state index contributed by atoms with van der Waals surface area (Å²) < 4.78 is 5.97. The third-order valence-electron chi connectivity index (χ3n) is 4.76. The van der Waals surface area contributed by atoms with Crippen molar-refractivity contribution >= 4 is 5.71 Å². The van der Waals surface area contributed by atoms with E-state index >= 15 is 0 Å². The summed E-state index contributed by atoms with van der Waals surface area (Å²) in [5.41, 5.74) is 4.41. The second kappa shape index (κ2) is 9.67. The summed E-state index contributed by atoms with van der Waals surface area (Å²) in [6.07, 6.45) is 6.03. The molecule has 138 valence electrons. The van der Waals surface area contributed by atoms with Gasteiger partial charge < -0.3 is 10.1 Å². The largest absolute Gasteiger partial charge is 0.493 e. The molecule has 0 aliphatic carbocycles. The average molecular weight is 358 g/mol. The maximum atomic E-state index is 8.41. The Morgan fingerprint density at radius 3 is 2.22 bits per heavy atom. The van der Waals surface area contributed by atoms with Crippen LogP contribution < -0.4 is 4.74 Å². The van der Waals surface area contributed by atoms with Crippen molar-refractivity contribution in [2.24, 2.45) is 5.92 Å². The molecule has 3 nitrogen and oxygen atoms in total. The van der Waals surface area contributed by atoms with Crippen LogP contribution in [0.3, 0.4) is 0 Å². The van der Waals surface area contributed by atoms with Gasteiger partial charge >= 0.3 is 0 Å². The van der Waals surface area contributed by atoms with Gasteiger partial charge in [-0.1, -0.05) is 49.4 Å². The van der Waals surface area contributed by atoms with Gasteiger partial charge in [0.1, 0.15) is 5.75 Å². The Morgan fingerprint density at radius 2 is 1.56 bits per heavy atom. The first-order valence-corrected chi connectivity index (χ1v) is 9.46. The van der Waals surface area contributed by atoms with Crippen LogP contribution in [-0.4, -0.2) is 17.3 Å². The summed E-state index contributed by atoms with van der Waals surface area (Å²) in [5, 5.41) is 8.41. The molecule has 0 unspecified atom stereocenters. The Kier molecular flexibility index (Phi) is 6.75. The Balaban J connectivity index is 1.52. The van der Waals surface area contributed by atoms with Crippen LogP contribution in [0.15, 0.2) is 79.1 Å². The molecule has 1 aromatic heterocycles. The molecular weight excluding hydrogens is 332 g/mol. The molecule has 0 spiro atoms. The van der Waals surface area contributed by atoms with E-state index in [1.165, 1.54) is 11.1 Å². The van der Waals surface area contributed by atoms with Crippen molar-refractivity contribution in [1.82, 2.24) is 4.98 Å². The number of aromatic nitrogens is 1. The molecule has 1 N–H and O–H groups in total. The van der Waals surface area contributed by atoms with E-state index < -0.39 is 0 Å². The lowest BCUT2D eigenvalue weighted by Crippen LogP contribution is -2.22. The standard InChI is InChI=1S/C24H26N2O/c1-2-22(24(25)17-21-12-14-26-15-13-21)18-27-23-10-8-20(9-11-23)16-19-6-4-3-5-7-19/h3-15,22,25H,2,16-18H2,1H3/t22-/m0/s1. The number of nitrogens with zero attached hydrogens (tertiary/aromatic N) is 1. The molecule has 2 aromatic carbocycles. The molecule has 27 heavy (non-hydrogen) atoms. The molecule has 0 radical (unpaired) electrons. The van der Waals surface area contributed by atoms with Gasteiger partial charge in [-0.05, 0) is 53.8 Å². The van der Waals surface area contributed by atoms with E-state index in [9.17, 15) is 0 Å². The molecule has 0 bridgehead atoms. The predicted octanol–water partition coefficient (Wildman–Crippen LogP) is 5.34. The first-order valence-electron chi connectivity index (χ1n) is 9.46. The van der Waals surface area contributed by atoms with Crippen LogP contribution in [-0.2, 0) is 12.8 Å². The summed E-state index contributed by atoms with van der Waals surface area (Å²) >= 11 is 0. The molecule has 0 saturated heterocycles. The Morgan fingerprint density at radius 1 is 0.889 bits per heavy atom. The molecule has 3 rings (SSSR count). The SMILES string of the molecule is CC[C@@H](COc1ccc(Cc2ccccc2)cc1)C(=N)Cc1ccncc1. The van der Waals surface area contributed by atoms with Crippen molar-refractivity contribution in [2.45, 2.75) is 26.2 Å². The fraction of sp³-hybridized carbons (Fsp3) is 0.250. The quantitative estimate of drug-likeness (QED) is 0.525. The van der Waals surface area contributed by atoms with Gasteiger partial charge in [0.05, 0.1) is 6.61 Å². The van der Waals surface area contributed by atoms with Crippen LogP contribution >= 0.6 is 0 Å². The zero-order valence-electron chi connectivity index (χ0n) is 15.8. The number of pyridine rings is 1. The Hall–Kier alpha value is -2.94. The third-order valence-corrected chi connectivity index (χ3v) is 4.76. The van der Waals surface area contributed by atoms with E-state index in [2.05, 4.69) is 48.3 Å². The highest BCUT2D eigenvalue weighted by atomic mass is 16.5. The monoisotopic (exact) mass is 358 g/mol. The molecule has 0 aliphatic heterocycles. The molecule has 3 heteroatoms. The Labute approximate surface area is 161 Å². The highest BCUT2D eigenvalue weighted by molar-refractivity contribution is 5.86. The number of benzene rings is 2. The minimum absolute atomic E-state index is 0.127. The lowest BCUT2D eigenvalue weighted by molar-refractivity contribution is 0.280. The number of rotatable bonds is 9. The summed E-state index contributed by atoms with van der Waals surface area (Å²) in [7, 11) is 0. The minimum Gasteiger partial charge on any atom is -0.493 e. The minimum atomic E-state index is 0.127. The highest BCUT2D eigenvalue weighted by Crippen LogP contribution is 2.18. The maximum Gasteiger partial charge on any atom is 0.119 e. The first-order chi connectivity index (χ1) is 13.2. The first kappa shape index (κ1) is 18.8. The molecule has 3 aromatic rings. The van der Waals surface area contributed by atoms with E-state index in [0.29, 0.717) is 18.7 Å². The van der Waals surface area contributed by atoms with Gasteiger partial charge in [0, 0.05) is 30.4 Å². The molecule has 1 heterocycles. The van der Waals surface area contributed by atoms with E-state index in [-0.39, 0.29) is 5.92 Å². The van der Waals surface area contributed by atoms with Crippen molar-refractivity contribution in [2.75, 3.05) is 6.61 Å². The van der Waals surface area contributed by atoms with Crippen molar-refractivity contribution < 1.29 is 4.74 Å². The van der Waals surface area contributed by atoms with Crippen LogP contribution in [0.2, 0.25) is 0 Å². The maximum absolute atomic E-state index is 8.41. The van der Waals surface area contributed by atoms with Gasteiger partial charge in [-0.3, -0.25) is 4.98 Å². The van der Waals surface area contributed by atoms with E-state index in [4.69, 9.17) is 10.1 Å². The topological polar surface area (TPSA) is 46.0 Å².